The summed E-state index contributed by atoms with van der Waals surface area (Å²) in [6.45, 7) is 0. The highest BCUT2D eigenvalue weighted by Gasteiger charge is 2.12. The Morgan fingerprint density at radius 3 is 2.38 bits per heavy atom. The lowest BCUT2D eigenvalue weighted by Gasteiger charge is -2.12. The van der Waals surface area contributed by atoms with Crippen LogP contribution in [0.5, 0.6) is 0 Å². The highest BCUT2D eigenvalue weighted by Crippen LogP contribution is 2.22. The van der Waals surface area contributed by atoms with Crippen molar-refractivity contribution in [3.05, 3.63) is 48.0 Å². The van der Waals surface area contributed by atoms with E-state index in [9.17, 15) is 8.78 Å². The van der Waals surface area contributed by atoms with E-state index in [1.165, 1.54) is 0 Å². The zero-order valence-corrected chi connectivity index (χ0v) is 8.74. The molecule has 16 heavy (non-hydrogen) atoms. The predicted octanol–water partition coefficient (Wildman–Crippen LogP) is 3.49. The molecule has 0 aromatic heterocycles. The number of rotatable bonds is 3. The molecule has 0 aliphatic carbocycles. The Hall–Kier alpha value is -1.48. The minimum absolute atomic E-state index is 0.293. The second-order valence-corrected chi connectivity index (χ2v) is 3.84. The summed E-state index contributed by atoms with van der Waals surface area (Å²) in [5, 5.41) is 2.13. The van der Waals surface area contributed by atoms with E-state index in [0.29, 0.717) is 0 Å². The van der Waals surface area contributed by atoms with Crippen LogP contribution in [0.3, 0.4) is 0 Å². The van der Waals surface area contributed by atoms with E-state index >= 15 is 0 Å². The van der Waals surface area contributed by atoms with Gasteiger partial charge in [0.05, 0.1) is 0 Å². The van der Waals surface area contributed by atoms with E-state index in [0.717, 1.165) is 16.3 Å². The molecule has 0 spiro atoms. The largest absolute Gasteiger partial charge is 0.324 e. The van der Waals surface area contributed by atoms with Gasteiger partial charge < -0.3 is 5.73 Å². The van der Waals surface area contributed by atoms with Crippen LogP contribution < -0.4 is 5.73 Å². The fraction of sp³-hybridized carbons (Fsp3) is 0.231. The summed E-state index contributed by atoms with van der Waals surface area (Å²) in [5.41, 5.74) is 6.47. The van der Waals surface area contributed by atoms with Gasteiger partial charge in [0.1, 0.15) is 0 Å². The topological polar surface area (TPSA) is 26.0 Å². The van der Waals surface area contributed by atoms with Gasteiger partial charge in [0.25, 0.3) is 0 Å². The first-order chi connectivity index (χ1) is 7.66. The summed E-state index contributed by atoms with van der Waals surface area (Å²) in [6.07, 6.45) is -2.65. The van der Waals surface area contributed by atoms with Crippen molar-refractivity contribution < 1.29 is 8.78 Å². The maximum absolute atomic E-state index is 12.2. The molecule has 0 unspecified atom stereocenters. The van der Waals surface area contributed by atoms with Crippen molar-refractivity contribution in [2.45, 2.75) is 18.9 Å². The molecule has 0 aliphatic rings. The smallest absolute Gasteiger partial charge is 0.240 e. The molecular formula is C13H13F2N. The first-order valence-corrected chi connectivity index (χ1v) is 5.19. The van der Waals surface area contributed by atoms with Gasteiger partial charge in [0, 0.05) is 12.5 Å². The monoisotopic (exact) mass is 221 g/mol. The highest BCUT2D eigenvalue weighted by atomic mass is 19.3. The van der Waals surface area contributed by atoms with E-state index in [1.54, 1.807) is 0 Å². The van der Waals surface area contributed by atoms with Crippen LogP contribution in [0.25, 0.3) is 10.8 Å². The molecule has 1 atom stereocenters. The molecule has 0 fully saturated rings. The van der Waals surface area contributed by atoms with Crippen molar-refractivity contribution in [2.75, 3.05) is 0 Å². The number of hydrogen-bond donors (Lipinski definition) is 1. The third kappa shape index (κ3) is 2.36. The summed E-state index contributed by atoms with van der Waals surface area (Å²) in [5.74, 6) is 0. The molecule has 2 rings (SSSR count). The zero-order chi connectivity index (χ0) is 11.5. The predicted molar refractivity (Wildman–Crippen MR) is 61.5 cm³/mol. The standard InChI is InChI=1S/C13H13F2N/c14-13(15)8-12(16)11-6-5-9-3-1-2-4-10(9)7-11/h1-7,12-13H,8,16H2/t12-/m0/s1. The molecule has 0 saturated carbocycles. The molecule has 2 aromatic carbocycles. The molecular weight excluding hydrogens is 208 g/mol. The highest BCUT2D eigenvalue weighted by molar-refractivity contribution is 5.83. The third-order valence-corrected chi connectivity index (χ3v) is 2.63. The first kappa shape index (κ1) is 11.0. The van der Waals surface area contributed by atoms with Crippen molar-refractivity contribution in [2.24, 2.45) is 5.73 Å². The molecule has 2 N–H and O–H groups in total. The fourth-order valence-corrected chi connectivity index (χ4v) is 1.77. The number of alkyl halides is 2. The summed E-state index contributed by atoms with van der Waals surface area (Å²) < 4.78 is 24.4. The van der Waals surface area contributed by atoms with E-state index in [-0.39, 0.29) is 6.42 Å². The average Bonchev–Trinajstić information content (AvgIpc) is 2.27. The van der Waals surface area contributed by atoms with Gasteiger partial charge in [-0.1, -0.05) is 36.4 Å². The Labute approximate surface area is 92.9 Å². The lowest BCUT2D eigenvalue weighted by atomic mass is 10.0. The molecule has 0 heterocycles. The fourth-order valence-electron chi connectivity index (χ4n) is 1.77. The maximum atomic E-state index is 12.2. The van der Waals surface area contributed by atoms with Crippen molar-refractivity contribution in [1.82, 2.24) is 0 Å². The average molecular weight is 221 g/mol. The van der Waals surface area contributed by atoms with Gasteiger partial charge in [-0.25, -0.2) is 8.78 Å². The second-order valence-electron chi connectivity index (χ2n) is 3.84. The van der Waals surface area contributed by atoms with Gasteiger partial charge in [-0.15, -0.1) is 0 Å². The van der Waals surface area contributed by atoms with E-state index in [2.05, 4.69) is 0 Å². The molecule has 0 aliphatic heterocycles. The molecule has 0 saturated heterocycles. The third-order valence-electron chi connectivity index (χ3n) is 2.63. The number of nitrogens with two attached hydrogens (primary N) is 1. The van der Waals surface area contributed by atoms with Gasteiger partial charge in [-0.2, -0.15) is 0 Å². The van der Waals surface area contributed by atoms with Crippen molar-refractivity contribution in [3.8, 4) is 0 Å². The Balaban J connectivity index is 2.32. The van der Waals surface area contributed by atoms with Crippen LogP contribution >= 0.6 is 0 Å². The van der Waals surface area contributed by atoms with Crippen LogP contribution in [0.4, 0.5) is 8.78 Å². The number of hydrogen-bond acceptors (Lipinski definition) is 1. The Morgan fingerprint density at radius 2 is 1.69 bits per heavy atom. The molecule has 0 radical (unpaired) electrons. The Kier molecular flexibility index (Phi) is 3.15. The molecule has 3 heteroatoms. The van der Waals surface area contributed by atoms with Gasteiger partial charge >= 0.3 is 0 Å². The van der Waals surface area contributed by atoms with Crippen LogP contribution in [0.15, 0.2) is 42.5 Å². The van der Waals surface area contributed by atoms with Crippen LogP contribution in [0.1, 0.15) is 18.0 Å². The lowest BCUT2D eigenvalue weighted by Crippen LogP contribution is -2.13. The summed E-state index contributed by atoms with van der Waals surface area (Å²) in [4.78, 5) is 0. The van der Waals surface area contributed by atoms with E-state index in [4.69, 9.17) is 5.73 Å². The number of halogens is 2. The molecule has 0 amide bonds. The molecule has 2 aromatic rings. The van der Waals surface area contributed by atoms with Crippen LogP contribution in [0.2, 0.25) is 0 Å². The normalized spacial score (nSPS) is 13.2. The first-order valence-electron chi connectivity index (χ1n) is 5.19. The van der Waals surface area contributed by atoms with Gasteiger partial charge in [-0.3, -0.25) is 0 Å². The van der Waals surface area contributed by atoms with Gasteiger partial charge in [-0.05, 0) is 22.4 Å². The summed E-state index contributed by atoms with van der Waals surface area (Å²) >= 11 is 0. The summed E-state index contributed by atoms with van der Waals surface area (Å²) in [6, 6.07) is 12.8. The van der Waals surface area contributed by atoms with Crippen molar-refractivity contribution >= 4 is 10.8 Å². The van der Waals surface area contributed by atoms with Crippen LogP contribution in [0, 0.1) is 0 Å². The quantitative estimate of drug-likeness (QED) is 0.843. The Bertz CT molecular complexity index is 482. The van der Waals surface area contributed by atoms with E-state index in [1.807, 2.05) is 42.5 Å². The minimum atomic E-state index is -2.36. The molecule has 0 bridgehead atoms. The van der Waals surface area contributed by atoms with Crippen molar-refractivity contribution in [1.29, 1.82) is 0 Å². The van der Waals surface area contributed by atoms with Crippen molar-refractivity contribution in [3.63, 3.8) is 0 Å². The SMILES string of the molecule is N[C@@H](CC(F)F)c1ccc2ccccc2c1. The minimum Gasteiger partial charge on any atom is -0.324 e. The van der Waals surface area contributed by atoms with Gasteiger partial charge in [0.2, 0.25) is 6.43 Å². The summed E-state index contributed by atoms with van der Waals surface area (Å²) in [7, 11) is 0. The van der Waals surface area contributed by atoms with Gasteiger partial charge in [0.15, 0.2) is 0 Å². The zero-order valence-electron chi connectivity index (χ0n) is 8.74. The van der Waals surface area contributed by atoms with Crippen LogP contribution in [-0.2, 0) is 0 Å². The lowest BCUT2D eigenvalue weighted by molar-refractivity contribution is 0.128. The maximum Gasteiger partial charge on any atom is 0.240 e. The van der Waals surface area contributed by atoms with E-state index < -0.39 is 12.5 Å². The number of benzene rings is 2. The molecule has 84 valence electrons. The Morgan fingerprint density at radius 1 is 1.00 bits per heavy atom. The number of fused-ring (bicyclic) bond motifs is 1. The second kappa shape index (κ2) is 4.58. The molecule has 1 nitrogen and oxygen atoms in total. The van der Waals surface area contributed by atoms with Crippen LogP contribution in [-0.4, -0.2) is 6.43 Å².